The Bertz CT molecular complexity index is 885. The van der Waals surface area contributed by atoms with Crippen molar-refractivity contribution in [2.75, 3.05) is 5.32 Å². The highest BCUT2D eigenvalue weighted by Crippen LogP contribution is 2.25. The minimum absolute atomic E-state index is 0.160. The van der Waals surface area contributed by atoms with E-state index in [1.807, 2.05) is 0 Å². The molecular weight excluding hydrogens is 322 g/mol. The van der Waals surface area contributed by atoms with Crippen LogP contribution in [0.15, 0.2) is 60.4 Å². The molecule has 0 saturated carbocycles. The van der Waals surface area contributed by atoms with Gasteiger partial charge in [0.1, 0.15) is 17.9 Å². The number of rotatable bonds is 5. The number of anilines is 1. The van der Waals surface area contributed by atoms with Crippen molar-refractivity contribution in [1.29, 1.82) is 0 Å². The number of aromatic nitrogens is 4. The summed E-state index contributed by atoms with van der Waals surface area (Å²) in [5, 5.41) is 2.66. The Morgan fingerprint density at radius 1 is 1.16 bits per heavy atom. The van der Waals surface area contributed by atoms with Crippen LogP contribution in [0.25, 0.3) is 0 Å². The first kappa shape index (κ1) is 16.0. The molecule has 3 heterocycles. The lowest BCUT2D eigenvalue weighted by Crippen LogP contribution is -2.14. The van der Waals surface area contributed by atoms with Crippen molar-refractivity contribution in [3.63, 3.8) is 0 Å². The number of pyridine rings is 2. The molecule has 124 valence electrons. The number of hydrogen-bond donors (Lipinski definition) is 2. The number of nitrogens with one attached hydrogen (secondary N) is 1. The number of amides is 1. The lowest BCUT2D eigenvalue weighted by molar-refractivity contribution is 0.102. The Morgan fingerprint density at radius 2 is 2.00 bits per heavy atom. The molecule has 0 atom stereocenters. The predicted molar refractivity (Wildman–Crippen MR) is 90.9 cm³/mol. The standard InChI is InChI=1S/C16H13N7O2/c17-9-22-15-13(16(24)23-14-3-1-2-4-20-14)5-11(8-21-15)25-12-6-18-10-19-7-12/h1-10H,(H2,17,21,22)(H,20,23,24). The lowest BCUT2D eigenvalue weighted by Gasteiger charge is -2.09. The molecule has 0 fully saturated rings. The lowest BCUT2D eigenvalue weighted by atomic mass is 10.2. The van der Waals surface area contributed by atoms with Crippen LogP contribution in [0.3, 0.4) is 0 Å². The van der Waals surface area contributed by atoms with Crippen LogP contribution in [-0.4, -0.2) is 32.2 Å². The zero-order chi connectivity index (χ0) is 17.5. The van der Waals surface area contributed by atoms with Crippen molar-refractivity contribution < 1.29 is 9.53 Å². The molecule has 25 heavy (non-hydrogen) atoms. The van der Waals surface area contributed by atoms with E-state index in [1.165, 1.54) is 31.0 Å². The molecule has 3 aromatic rings. The molecule has 0 unspecified atom stereocenters. The molecule has 3 N–H and O–H groups in total. The topological polar surface area (TPSA) is 128 Å². The smallest absolute Gasteiger partial charge is 0.260 e. The van der Waals surface area contributed by atoms with Crippen molar-refractivity contribution in [3.8, 4) is 11.5 Å². The molecule has 0 aromatic carbocycles. The van der Waals surface area contributed by atoms with Gasteiger partial charge in [-0.25, -0.2) is 24.9 Å². The van der Waals surface area contributed by atoms with E-state index in [9.17, 15) is 4.79 Å². The third-order valence-electron chi connectivity index (χ3n) is 2.96. The van der Waals surface area contributed by atoms with Crippen molar-refractivity contribution in [2.24, 2.45) is 10.7 Å². The van der Waals surface area contributed by atoms with Crippen molar-refractivity contribution in [1.82, 2.24) is 19.9 Å². The number of ether oxygens (including phenoxy) is 1. The number of carbonyl (C=O) groups is 1. The second kappa shape index (κ2) is 7.59. The van der Waals surface area contributed by atoms with Gasteiger partial charge in [-0.2, -0.15) is 0 Å². The minimum atomic E-state index is -0.443. The fourth-order valence-corrected chi connectivity index (χ4v) is 1.93. The van der Waals surface area contributed by atoms with E-state index >= 15 is 0 Å². The normalized spacial score (nSPS) is 10.6. The van der Waals surface area contributed by atoms with Crippen LogP contribution in [0.1, 0.15) is 10.4 Å². The fraction of sp³-hybridized carbons (Fsp3) is 0. The van der Waals surface area contributed by atoms with Gasteiger partial charge in [-0.15, -0.1) is 0 Å². The summed E-state index contributed by atoms with van der Waals surface area (Å²) in [5.74, 6) is 0.861. The maximum absolute atomic E-state index is 12.5. The van der Waals surface area contributed by atoms with E-state index < -0.39 is 5.91 Å². The molecular formula is C16H13N7O2. The Labute approximate surface area is 142 Å². The highest BCUT2D eigenvalue weighted by atomic mass is 16.5. The third-order valence-corrected chi connectivity index (χ3v) is 2.96. The summed E-state index contributed by atoms with van der Waals surface area (Å²) < 4.78 is 5.59. The van der Waals surface area contributed by atoms with Crippen LogP contribution >= 0.6 is 0 Å². The van der Waals surface area contributed by atoms with E-state index in [2.05, 4.69) is 30.2 Å². The molecule has 0 radical (unpaired) electrons. The van der Waals surface area contributed by atoms with Crippen LogP contribution in [0.2, 0.25) is 0 Å². The van der Waals surface area contributed by atoms with Gasteiger partial charge in [-0.05, 0) is 18.2 Å². The summed E-state index contributed by atoms with van der Waals surface area (Å²) in [4.78, 5) is 32.3. The van der Waals surface area contributed by atoms with Crippen molar-refractivity contribution in [2.45, 2.75) is 0 Å². The summed E-state index contributed by atoms with van der Waals surface area (Å²) in [7, 11) is 0. The molecule has 0 aliphatic rings. The number of nitrogens with two attached hydrogens (primary N) is 1. The zero-order valence-electron chi connectivity index (χ0n) is 12.9. The number of nitrogens with zero attached hydrogens (tertiary/aromatic N) is 5. The fourth-order valence-electron chi connectivity index (χ4n) is 1.93. The van der Waals surface area contributed by atoms with Crippen molar-refractivity contribution in [3.05, 3.63) is 60.9 Å². The van der Waals surface area contributed by atoms with Gasteiger partial charge in [0.25, 0.3) is 5.91 Å². The molecule has 0 spiro atoms. The minimum Gasteiger partial charge on any atom is -0.452 e. The number of carbonyl (C=O) groups excluding carboxylic acids is 1. The maximum Gasteiger partial charge on any atom is 0.260 e. The quantitative estimate of drug-likeness (QED) is 0.538. The molecule has 3 rings (SSSR count). The monoisotopic (exact) mass is 335 g/mol. The molecule has 0 aliphatic heterocycles. The molecule has 0 bridgehead atoms. The second-order valence-electron chi connectivity index (χ2n) is 4.67. The molecule has 1 amide bonds. The predicted octanol–water partition coefficient (Wildman–Crippen LogP) is 1.93. The van der Waals surface area contributed by atoms with Crippen LogP contribution in [0, 0.1) is 0 Å². The summed E-state index contributed by atoms with van der Waals surface area (Å²) in [6.45, 7) is 0. The van der Waals surface area contributed by atoms with Gasteiger partial charge in [0.15, 0.2) is 11.6 Å². The summed E-state index contributed by atoms with van der Waals surface area (Å²) >= 11 is 0. The van der Waals surface area contributed by atoms with Gasteiger partial charge in [0.2, 0.25) is 0 Å². The molecule has 0 aliphatic carbocycles. The van der Waals surface area contributed by atoms with Gasteiger partial charge in [-0.3, -0.25) is 4.79 Å². The Kier molecular flexibility index (Phi) is 4.86. The van der Waals surface area contributed by atoms with Gasteiger partial charge in [0, 0.05) is 6.20 Å². The summed E-state index contributed by atoms with van der Waals surface area (Å²) in [6.07, 6.45) is 8.43. The largest absolute Gasteiger partial charge is 0.452 e. The van der Waals surface area contributed by atoms with Gasteiger partial charge >= 0.3 is 0 Å². The highest BCUT2D eigenvalue weighted by molar-refractivity contribution is 6.07. The van der Waals surface area contributed by atoms with Crippen LogP contribution < -0.4 is 15.8 Å². The van der Waals surface area contributed by atoms with E-state index in [0.29, 0.717) is 17.3 Å². The number of hydrogen-bond acceptors (Lipinski definition) is 7. The van der Waals surface area contributed by atoms with E-state index in [-0.39, 0.29) is 11.4 Å². The van der Waals surface area contributed by atoms with Crippen LogP contribution in [0.4, 0.5) is 11.6 Å². The second-order valence-corrected chi connectivity index (χ2v) is 4.67. The van der Waals surface area contributed by atoms with Crippen LogP contribution in [-0.2, 0) is 0 Å². The van der Waals surface area contributed by atoms with Crippen LogP contribution in [0.5, 0.6) is 11.5 Å². The molecule has 9 nitrogen and oxygen atoms in total. The van der Waals surface area contributed by atoms with Gasteiger partial charge in [0.05, 0.1) is 30.5 Å². The van der Waals surface area contributed by atoms with E-state index in [4.69, 9.17) is 10.5 Å². The Balaban J connectivity index is 1.89. The van der Waals surface area contributed by atoms with Gasteiger partial charge < -0.3 is 15.8 Å². The first-order valence-electron chi connectivity index (χ1n) is 7.16. The molecule has 0 saturated heterocycles. The average molecular weight is 335 g/mol. The number of aliphatic imine (C=N–C) groups is 1. The highest BCUT2D eigenvalue weighted by Gasteiger charge is 2.15. The molecule has 9 heteroatoms. The summed E-state index contributed by atoms with van der Waals surface area (Å²) in [5.41, 5.74) is 5.50. The van der Waals surface area contributed by atoms with Crippen molar-refractivity contribution >= 4 is 23.9 Å². The average Bonchev–Trinajstić information content (AvgIpc) is 2.65. The van der Waals surface area contributed by atoms with E-state index in [0.717, 1.165) is 6.34 Å². The Morgan fingerprint density at radius 3 is 2.72 bits per heavy atom. The van der Waals surface area contributed by atoms with E-state index in [1.54, 1.807) is 24.4 Å². The SMILES string of the molecule is N/C=N\c1ncc(Oc2cncnc2)cc1C(=O)Nc1ccccn1. The zero-order valence-corrected chi connectivity index (χ0v) is 12.9. The molecule has 3 aromatic heterocycles. The van der Waals surface area contributed by atoms with Gasteiger partial charge in [-0.1, -0.05) is 6.07 Å². The Hall–Kier alpha value is -3.88. The maximum atomic E-state index is 12.5. The third kappa shape index (κ3) is 4.10. The first-order chi connectivity index (χ1) is 12.3. The first-order valence-corrected chi connectivity index (χ1v) is 7.16. The summed E-state index contributed by atoms with van der Waals surface area (Å²) in [6, 6.07) is 6.67.